The third kappa shape index (κ3) is 3.77. The first-order chi connectivity index (χ1) is 16.9. The number of hydrogen-bond donors (Lipinski definition) is 1. The first-order valence-electron chi connectivity index (χ1n) is 11.4. The quantitative estimate of drug-likeness (QED) is 0.251. The van der Waals surface area contributed by atoms with E-state index in [4.69, 9.17) is 9.15 Å². The third-order valence-electron chi connectivity index (χ3n) is 6.24. The number of benzene rings is 1. The molecule has 5 rings (SSSR count). The number of fused-ring (bicyclic) bond motifs is 1. The first-order valence-corrected chi connectivity index (χ1v) is 11.4. The summed E-state index contributed by atoms with van der Waals surface area (Å²) < 4.78 is 13.0. The van der Waals surface area contributed by atoms with Crippen molar-refractivity contribution in [2.24, 2.45) is 0 Å². The summed E-state index contributed by atoms with van der Waals surface area (Å²) in [6.07, 6.45) is 3.36. The van der Waals surface area contributed by atoms with Crippen LogP contribution in [-0.4, -0.2) is 37.7 Å². The van der Waals surface area contributed by atoms with Crippen molar-refractivity contribution in [3.63, 3.8) is 0 Å². The minimum Gasteiger partial charge on any atom is -0.505 e. The topological polar surface area (TPSA) is 97.3 Å². The Kier molecular flexibility index (Phi) is 5.64. The largest absolute Gasteiger partial charge is 0.505 e. The molecule has 0 radical (unpaired) electrons. The number of imidazole rings is 1. The number of ether oxygens (including phenoxy) is 1. The van der Waals surface area contributed by atoms with Crippen molar-refractivity contribution in [3.05, 3.63) is 94.8 Å². The van der Waals surface area contributed by atoms with Gasteiger partial charge in [0.15, 0.2) is 5.76 Å². The molecule has 0 aliphatic carbocycles. The highest BCUT2D eigenvalue weighted by atomic mass is 16.5. The van der Waals surface area contributed by atoms with Gasteiger partial charge in [0, 0.05) is 6.20 Å². The average molecular weight is 472 g/mol. The number of aryl methyl sites for hydroxylation is 2. The molecule has 8 heteroatoms. The van der Waals surface area contributed by atoms with Crippen LogP contribution >= 0.6 is 0 Å². The number of likely N-dealkylation sites (tertiary alicyclic amines) is 1. The Bertz CT molecular complexity index is 1470. The predicted octanol–water partition coefficient (Wildman–Crippen LogP) is 4.56. The lowest BCUT2D eigenvalue weighted by Crippen LogP contribution is -2.29. The van der Waals surface area contributed by atoms with E-state index in [1.54, 1.807) is 30.3 Å². The van der Waals surface area contributed by atoms with Crippen molar-refractivity contribution in [2.45, 2.75) is 33.4 Å². The van der Waals surface area contributed by atoms with E-state index in [1.165, 1.54) is 11.2 Å². The minimum absolute atomic E-state index is 0.0145. The van der Waals surface area contributed by atoms with Crippen LogP contribution in [-0.2, 0) is 16.1 Å². The third-order valence-corrected chi connectivity index (χ3v) is 6.24. The molecule has 178 valence electrons. The summed E-state index contributed by atoms with van der Waals surface area (Å²) in [5.74, 6) is -0.662. The fraction of sp³-hybridized carbons (Fsp3) is 0.222. The molecule has 4 heterocycles. The number of nitrogens with zero attached hydrogens (tertiary/aromatic N) is 3. The molecule has 1 aromatic carbocycles. The number of carbonyl (C=O) groups excluding carboxylic acids is 2. The molecule has 1 fully saturated rings. The maximum absolute atomic E-state index is 13.3. The summed E-state index contributed by atoms with van der Waals surface area (Å²) >= 11 is 0. The fourth-order valence-electron chi connectivity index (χ4n) is 4.58. The van der Waals surface area contributed by atoms with E-state index in [0.717, 1.165) is 5.56 Å². The average Bonchev–Trinajstić information content (AvgIpc) is 3.54. The Morgan fingerprint density at radius 1 is 1.14 bits per heavy atom. The molecule has 1 amide bonds. The van der Waals surface area contributed by atoms with E-state index in [0.29, 0.717) is 35.0 Å². The maximum Gasteiger partial charge on any atom is 0.296 e. The summed E-state index contributed by atoms with van der Waals surface area (Å²) in [6, 6.07) is 13.6. The number of pyridine rings is 1. The zero-order chi connectivity index (χ0) is 24.7. The van der Waals surface area contributed by atoms with E-state index < -0.39 is 17.7 Å². The minimum atomic E-state index is -0.842. The molecule has 0 bridgehead atoms. The first kappa shape index (κ1) is 22.5. The Morgan fingerprint density at radius 3 is 2.69 bits per heavy atom. The molecule has 3 aromatic heterocycles. The van der Waals surface area contributed by atoms with Crippen LogP contribution < -0.4 is 4.74 Å². The summed E-state index contributed by atoms with van der Waals surface area (Å²) in [5.41, 5.74) is 3.15. The lowest BCUT2D eigenvalue weighted by molar-refractivity contribution is -0.140. The molecule has 1 N–H and O–H groups in total. The normalized spacial score (nSPS) is 17.5. The van der Waals surface area contributed by atoms with E-state index in [-0.39, 0.29) is 23.6 Å². The number of aliphatic hydroxyl groups excluding tert-OH is 1. The van der Waals surface area contributed by atoms with E-state index in [9.17, 15) is 14.7 Å². The number of Topliss-reactive ketones (excluding diaryl/α,β-unsaturated/α-hetero) is 1. The SMILES string of the molecule is CCOc1cccc(C2/C(=C(\O)c3nc4c(C)cccn4c3C)C(=O)C(=O)N2Cc2ccco2)c1. The number of hydrogen-bond acceptors (Lipinski definition) is 6. The van der Waals surface area contributed by atoms with Gasteiger partial charge in [0.1, 0.15) is 22.9 Å². The molecule has 8 nitrogen and oxygen atoms in total. The predicted molar refractivity (Wildman–Crippen MR) is 129 cm³/mol. The molecule has 1 unspecified atom stereocenters. The highest BCUT2D eigenvalue weighted by molar-refractivity contribution is 6.46. The van der Waals surface area contributed by atoms with E-state index >= 15 is 0 Å². The van der Waals surface area contributed by atoms with Gasteiger partial charge in [0.05, 0.1) is 36.7 Å². The summed E-state index contributed by atoms with van der Waals surface area (Å²) in [5, 5.41) is 11.5. The molecular formula is C27H25N3O5. The number of ketones is 1. The van der Waals surface area contributed by atoms with Crippen LogP contribution in [0.1, 0.15) is 41.2 Å². The second kappa shape index (κ2) is 8.79. The smallest absolute Gasteiger partial charge is 0.296 e. The van der Waals surface area contributed by atoms with Crippen molar-refractivity contribution in [1.82, 2.24) is 14.3 Å². The Balaban J connectivity index is 1.71. The van der Waals surface area contributed by atoms with Gasteiger partial charge in [-0.05, 0) is 62.2 Å². The maximum atomic E-state index is 13.3. The lowest BCUT2D eigenvalue weighted by Gasteiger charge is -2.24. The lowest BCUT2D eigenvalue weighted by atomic mass is 9.96. The molecule has 0 saturated carbocycles. The van der Waals surface area contributed by atoms with Crippen LogP contribution in [0, 0.1) is 13.8 Å². The van der Waals surface area contributed by atoms with Crippen LogP contribution in [0.25, 0.3) is 11.4 Å². The number of carbonyl (C=O) groups is 2. The van der Waals surface area contributed by atoms with Crippen LogP contribution in [0.15, 0.2) is 71.0 Å². The van der Waals surface area contributed by atoms with Crippen LogP contribution in [0.2, 0.25) is 0 Å². The van der Waals surface area contributed by atoms with Gasteiger partial charge < -0.3 is 23.6 Å². The molecule has 35 heavy (non-hydrogen) atoms. The summed E-state index contributed by atoms with van der Waals surface area (Å²) in [7, 11) is 0. The molecule has 1 aliphatic heterocycles. The van der Waals surface area contributed by atoms with Gasteiger partial charge in [-0.25, -0.2) is 4.98 Å². The van der Waals surface area contributed by atoms with Gasteiger partial charge in [-0.1, -0.05) is 18.2 Å². The molecular weight excluding hydrogens is 446 g/mol. The molecule has 4 aromatic rings. The van der Waals surface area contributed by atoms with Gasteiger partial charge in [0.25, 0.3) is 11.7 Å². The number of amides is 1. The molecule has 1 saturated heterocycles. The highest BCUT2D eigenvalue weighted by Gasteiger charge is 2.47. The standard InChI is InChI=1S/C27H25N3O5/c1-4-34-19-10-5-9-18(14-19)23-21(25(32)27(33)30(23)15-20-11-7-13-35-20)24(31)22-17(3)29-12-6-8-16(2)26(29)28-22/h5-14,23,31H,4,15H2,1-3H3/b24-21+. The van der Waals surface area contributed by atoms with Gasteiger partial charge >= 0.3 is 0 Å². The number of furan rings is 1. The fourth-order valence-corrected chi connectivity index (χ4v) is 4.58. The molecule has 0 spiro atoms. The van der Waals surface area contributed by atoms with Crippen molar-refractivity contribution in [3.8, 4) is 5.75 Å². The number of rotatable bonds is 6. The summed E-state index contributed by atoms with van der Waals surface area (Å²) in [4.78, 5) is 32.6. The number of aliphatic hydroxyl groups is 1. The van der Waals surface area contributed by atoms with Crippen molar-refractivity contribution >= 4 is 23.1 Å². The second-order valence-corrected chi connectivity index (χ2v) is 8.44. The Morgan fingerprint density at radius 2 is 1.97 bits per heavy atom. The monoisotopic (exact) mass is 471 g/mol. The second-order valence-electron chi connectivity index (χ2n) is 8.44. The van der Waals surface area contributed by atoms with Gasteiger partial charge in [-0.2, -0.15) is 0 Å². The zero-order valence-electron chi connectivity index (χ0n) is 19.7. The number of aromatic nitrogens is 2. The highest BCUT2D eigenvalue weighted by Crippen LogP contribution is 2.41. The molecule has 1 atom stereocenters. The zero-order valence-corrected chi connectivity index (χ0v) is 19.7. The van der Waals surface area contributed by atoms with E-state index in [2.05, 4.69) is 4.98 Å². The van der Waals surface area contributed by atoms with Crippen molar-refractivity contribution in [1.29, 1.82) is 0 Å². The summed E-state index contributed by atoms with van der Waals surface area (Å²) in [6.45, 7) is 6.16. The van der Waals surface area contributed by atoms with Crippen LogP contribution in [0.4, 0.5) is 0 Å². The van der Waals surface area contributed by atoms with Crippen LogP contribution in [0.3, 0.4) is 0 Å². The Labute approximate surface area is 202 Å². The van der Waals surface area contributed by atoms with Gasteiger partial charge in [-0.15, -0.1) is 0 Å². The van der Waals surface area contributed by atoms with Crippen molar-refractivity contribution < 1.29 is 23.8 Å². The van der Waals surface area contributed by atoms with Crippen molar-refractivity contribution in [2.75, 3.05) is 6.61 Å². The molecule has 1 aliphatic rings. The van der Waals surface area contributed by atoms with Gasteiger partial charge in [-0.3, -0.25) is 9.59 Å². The van der Waals surface area contributed by atoms with Gasteiger partial charge in [0.2, 0.25) is 0 Å². The Hall–Kier alpha value is -4.33. The van der Waals surface area contributed by atoms with E-state index in [1.807, 2.05) is 49.6 Å². The van der Waals surface area contributed by atoms with Crippen LogP contribution in [0.5, 0.6) is 5.75 Å².